The third-order valence-corrected chi connectivity index (χ3v) is 5.57. The van der Waals surface area contributed by atoms with E-state index < -0.39 is 0 Å². The number of anilines is 1. The lowest BCUT2D eigenvalue weighted by atomic mass is 10.1. The van der Waals surface area contributed by atoms with Crippen molar-refractivity contribution < 1.29 is 14.2 Å². The number of hydrogen-bond acceptors (Lipinski definition) is 7. The zero-order chi connectivity index (χ0) is 20.2. The van der Waals surface area contributed by atoms with Crippen LogP contribution in [0.25, 0.3) is 21.3 Å². The van der Waals surface area contributed by atoms with Crippen LogP contribution < -0.4 is 19.5 Å². The van der Waals surface area contributed by atoms with Gasteiger partial charge in [0.2, 0.25) is 5.75 Å². The predicted octanol–water partition coefficient (Wildman–Crippen LogP) is 5.00. The Balaban J connectivity index is 1.70. The molecule has 0 spiro atoms. The van der Waals surface area contributed by atoms with Crippen LogP contribution in [0, 0.1) is 0 Å². The van der Waals surface area contributed by atoms with Crippen LogP contribution in [0.2, 0.25) is 0 Å². The van der Waals surface area contributed by atoms with Gasteiger partial charge < -0.3 is 19.5 Å². The summed E-state index contributed by atoms with van der Waals surface area (Å²) in [5.41, 5.74) is 3.20. The molecule has 0 radical (unpaired) electrons. The second kappa shape index (κ2) is 8.36. The van der Waals surface area contributed by atoms with E-state index in [0.29, 0.717) is 23.8 Å². The number of nitrogens with zero attached hydrogens (tertiary/aromatic N) is 2. The third kappa shape index (κ3) is 3.56. The Kier molecular flexibility index (Phi) is 5.48. The Morgan fingerprint density at radius 3 is 2.41 bits per heavy atom. The van der Waals surface area contributed by atoms with E-state index in [9.17, 15) is 0 Å². The monoisotopic (exact) mass is 407 g/mol. The average molecular weight is 407 g/mol. The highest BCUT2D eigenvalue weighted by Crippen LogP contribution is 2.41. The summed E-state index contributed by atoms with van der Waals surface area (Å²) in [6, 6.07) is 14.1. The minimum atomic E-state index is 0.514. The molecule has 2 heterocycles. The summed E-state index contributed by atoms with van der Waals surface area (Å²) in [6.07, 6.45) is 1.59. The van der Waals surface area contributed by atoms with Crippen LogP contribution in [0.5, 0.6) is 17.2 Å². The molecule has 0 atom stereocenters. The average Bonchev–Trinajstić information content (AvgIpc) is 3.22. The maximum absolute atomic E-state index is 5.59. The lowest BCUT2D eigenvalue weighted by Gasteiger charge is -2.16. The minimum absolute atomic E-state index is 0.514. The third-order valence-electron chi connectivity index (χ3n) is 4.69. The molecular formula is C22H21N3O3S. The molecule has 148 valence electrons. The first-order valence-electron chi connectivity index (χ1n) is 9.06. The maximum Gasteiger partial charge on any atom is 0.203 e. The normalized spacial score (nSPS) is 10.7. The summed E-state index contributed by atoms with van der Waals surface area (Å²) in [6.45, 7) is 0.514. The number of benzene rings is 2. The zero-order valence-corrected chi connectivity index (χ0v) is 17.2. The first kappa shape index (κ1) is 19.0. The molecule has 0 bridgehead atoms. The van der Waals surface area contributed by atoms with Crippen molar-refractivity contribution in [3.05, 3.63) is 59.7 Å². The molecule has 0 aliphatic carbocycles. The highest BCUT2D eigenvalue weighted by Gasteiger charge is 2.17. The van der Waals surface area contributed by atoms with Crippen molar-refractivity contribution in [1.82, 2.24) is 9.97 Å². The number of ether oxygens (including phenoxy) is 3. The number of hydrogen-bond donors (Lipinski definition) is 1. The van der Waals surface area contributed by atoms with Gasteiger partial charge in [0.05, 0.1) is 26.7 Å². The maximum atomic E-state index is 5.59. The Labute approximate surface area is 173 Å². The van der Waals surface area contributed by atoms with Crippen LogP contribution in [-0.2, 0) is 6.54 Å². The van der Waals surface area contributed by atoms with Crippen molar-refractivity contribution in [3.8, 4) is 28.4 Å². The van der Waals surface area contributed by atoms with Crippen LogP contribution in [-0.4, -0.2) is 31.3 Å². The Morgan fingerprint density at radius 1 is 0.897 bits per heavy atom. The molecule has 6 nitrogen and oxygen atoms in total. The summed E-state index contributed by atoms with van der Waals surface area (Å²) in [4.78, 5) is 9.88. The van der Waals surface area contributed by atoms with Gasteiger partial charge in [0, 0.05) is 23.1 Å². The molecule has 0 saturated heterocycles. The van der Waals surface area contributed by atoms with Gasteiger partial charge in [-0.15, -0.1) is 11.3 Å². The van der Waals surface area contributed by atoms with Crippen LogP contribution in [0.1, 0.15) is 5.56 Å². The largest absolute Gasteiger partial charge is 0.493 e. The van der Waals surface area contributed by atoms with Gasteiger partial charge in [-0.25, -0.2) is 9.97 Å². The van der Waals surface area contributed by atoms with Crippen LogP contribution >= 0.6 is 11.3 Å². The van der Waals surface area contributed by atoms with Crippen LogP contribution in [0.4, 0.5) is 5.82 Å². The summed E-state index contributed by atoms with van der Waals surface area (Å²) >= 11 is 1.61. The predicted molar refractivity (Wildman–Crippen MR) is 116 cm³/mol. The Morgan fingerprint density at radius 2 is 1.69 bits per heavy atom. The molecule has 2 aromatic heterocycles. The van der Waals surface area contributed by atoms with E-state index in [4.69, 9.17) is 14.2 Å². The van der Waals surface area contributed by atoms with Gasteiger partial charge in [-0.1, -0.05) is 30.3 Å². The molecular weight excluding hydrogens is 386 g/mol. The minimum Gasteiger partial charge on any atom is -0.493 e. The van der Waals surface area contributed by atoms with Gasteiger partial charge in [0.1, 0.15) is 17.0 Å². The number of methoxy groups -OCH3 is 3. The van der Waals surface area contributed by atoms with E-state index in [0.717, 1.165) is 32.7 Å². The number of rotatable bonds is 7. The Hall–Kier alpha value is -3.32. The summed E-state index contributed by atoms with van der Waals surface area (Å²) in [7, 11) is 4.83. The first-order chi connectivity index (χ1) is 14.3. The van der Waals surface area contributed by atoms with Crippen LogP contribution in [0.3, 0.4) is 0 Å². The molecule has 29 heavy (non-hydrogen) atoms. The SMILES string of the molecule is COc1ccc(CNc2ncnc3scc(-c4ccccc4)c23)c(OC)c1OC. The molecule has 0 unspecified atom stereocenters. The first-order valence-corrected chi connectivity index (χ1v) is 9.94. The molecule has 2 aromatic carbocycles. The van der Waals surface area contributed by atoms with Crippen molar-refractivity contribution in [1.29, 1.82) is 0 Å². The highest BCUT2D eigenvalue weighted by atomic mass is 32.1. The second-order valence-electron chi connectivity index (χ2n) is 6.26. The number of nitrogens with one attached hydrogen (secondary N) is 1. The van der Waals surface area contributed by atoms with E-state index in [1.807, 2.05) is 30.3 Å². The fraction of sp³-hybridized carbons (Fsp3) is 0.182. The fourth-order valence-electron chi connectivity index (χ4n) is 3.32. The van der Waals surface area contributed by atoms with E-state index in [1.165, 1.54) is 0 Å². The summed E-state index contributed by atoms with van der Waals surface area (Å²) in [5.74, 6) is 2.62. The van der Waals surface area contributed by atoms with Crippen molar-refractivity contribution in [3.63, 3.8) is 0 Å². The van der Waals surface area contributed by atoms with Gasteiger partial charge >= 0.3 is 0 Å². The molecule has 4 aromatic rings. The van der Waals surface area contributed by atoms with Crippen molar-refractivity contribution in [2.24, 2.45) is 0 Å². The zero-order valence-electron chi connectivity index (χ0n) is 16.4. The lowest BCUT2D eigenvalue weighted by Crippen LogP contribution is -2.05. The summed E-state index contributed by atoms with van der Waals surface area (Å²) in [5, 5.41) is 6.58. The Bertz CT molecular complexity index is 1130. The van der Waals surface area contributed by atoms with E-state index in [1.54, 1.807) is 39.0 Å². The highest BCUT2D eigenvalue weighted by molar-refractivity contribution is 7.17. The second-order valence-corrected chi connectivity index (χ2v) is 7.12. The fourth-order valence-corrected chi connectivity index (χ4v) is 4.24. The summed E-state index contributed by atoms with van der Waals surface area (Å²) < 4.78 is 16.4. The van der Waals surface area contributed by atoms with Gasteiger partial charge in [0.15, 0.2) is 11.5 Å². The number of aromatic nitrogens is 2. The van der Waals surface area contributed by atoms with E-state index in [-0.39, 0.29) is 0 Å². The standard InChI is InChI=1S/C22H21N3O3S/c1-26-17-10-9-15(19(27-2)20(17)28-3)11-23-21-18-16(14-7-5-4-6-8-14)12-29-22(18)25-13-24-21/h4-10,12-13H,11H2,1-3H3,(H,23,24,25). The molecule has 0 saturated carbocycles. The van der Waals surface area contributed by atoms with Crippen molar-refractivity contribution >= 4 is 27.4 Å². The molecule has 4 rings (SSSR count). The molecule has 0 aliphatic heterocycles. The molecule has 0 aliphatic rings. The quantitative estimate of drug-likeness (QED) is 0.465. The number of thiophene rings is 1. The van der Waals surface area contributed by atoms with Gasteiger partial charge in [-0.05, 0) is 17.7 Å². The van der Waals surface area contributed by atoms with E-state index >= 15 is 0 Å². The van der Waals surface area contributed by atoms with Gasteiger partial charge in [-0.3, -0.25) is 0 Å². The van der Waals surface area contributed by atoms with Gasteiger partial charge in [-0.2, -0.15) is 0 Å². The van der Waals surface area contributed by atoms with Crippen LogP contribution in [0.15, 0.2) is 54.2 Å². The molecule has 0 amide bonds. The molecule has 0 fully saturated rings. The number of fused-ring (bicyclic) bond motifs is 1. The van der Waals surface area contributed by atoms with Crippen molar-refractivity contribution in [2.75, 3.05) is 26.6 Å². The molecule has 1 N–H and O–H groups in total. The lowest BCUT2D eigenvalue weighted by molar-refractivity contribution is 0.322. The van der Waals surface area contributed by atoms with E-state index in [2.05, 4.69) is 32.8 Å². The van der Waals surface area contributed by atoms with Gasteiger partial charge in [0.25, 0.3) is 0 Å². The molecule has 7 heteroatoms. The smallest absolute Gasteiger partial charge is 0.203 e. The topological polar surface area (TPSA) is 65.5 Å². The van der Waals surface area contributed by atoms with Crippen molar-refractivity contribution in [2.45, 2.75) is 6.54 Å².